The largest absolute Gasteiger partial charge is 0.361 e. The van der Waals surface area contributed by atoms with E-state index >= 15 is 0 Å². The van der Waals surface area contributed by atoms with E-state index in [2.05, 4.69) is 15.5 Å². The molecule has 1 saturated heterocycles. The van der Waals surface area contributed by atoms with Gasteiger partial charge in [0.1, 0.15) is 5.76 Å². The van der Waals surface area contributed by atoms with Gasteiger partial charge >= 0.3 is 0 Å². The molecule has 24 heavy (non-hydrogen) atoms. The van der Waals surface area contributed by atoms with Gasteiger partial charge in [-0.1, -0.05) is 10.4 Å². The van der Waals surface area contributed by atoms with Crippen molar-refractivity contribution in [2.75, 3.05) is 6.54 Å². The van der Waals surface area contributed by atoms with Gasteiger partial charge in [-0.2, -0.15) is 0 Å². The summed E-state index contributed by atoms with van der Waals surface area (Å²) in [6, 6.07) is 0.201. The lowest BCUT2D eigenvalue weighted by Gasteiger charge is -2.24. The maximum atomic E-state index is 12.8. The second-order valence-electron chi connectivity index (χ2n) is 7.00. The molecule has 1 amide bonds. The molecule has 0 bridgehead atoms. The number of aromatic nitrogens is 4. The van der Waals surface area contributed by atoms with Crippen LogP contribution in [-0.2, 0) is 17.8 Å². The highest BCUT2D eigenvalue weighted by molar-refractivity contribution is 5.79. The van der Waals surface area contributed by atoms with Crippen LogP contribution in [0.2, 0.25) is 0 Å². The molecule has 1 aliphatic carbocycles. The molecule has 3 heterocycles. The number of hydrogen-bond acceptors (Lipinski definition) is 5. The third-order valence-corrected chi connectivity index (χ3v) is 5.16. The number of amides is 1. The summed E-state index contributed by atoms with van der Waals surface area (Å²) in [6.45, 7) is 5.29. The molecule has 7 nitrogen and oxygen atoms in total. The Morgan fingerprint density at radius 1 is 1.33 bits per heavy atom. The predicted molar refractivity (Wildman–Crippen MR) is 86.4 cm³/mol. The van der Waals surface area contributed by atoms with Gasteiger partial charge in [0.05, 0.1) is 30.4 Å². The molecule has 2 aliphatic rings. The van der Waals surface area contributed by atoms with Gasteiger partial charge in [0.2, 0.25) is 5.91 Å². The van der Waals surface area contributed by atoms with Crippen molar-refractivity contribution >= 4 is 5.91 Å². The van der Waals surface area contributed by atoms with Crippen molar-refractivity contribution in [3.05, 3.63) is 28.9 Å². The minimum Gasteiger partial charge on any atom is -0.361 e. The highest BCUT2D eigenvalue weighted by Crippen LogP contribution is 2.38. The molecular formula is C17H23N5O2. The summed E-state index contributed by atoms with van der Waals surface area (Å²) < 4.78 is 7.07. The molecule has 1 atom stereocenters. The standard InChI is InChI=1S/C17H23N5O2/c1-11-15(12(2)24-19-11)8-17(23)22-7-3-4-14(22)9-21-10-16(18-20-21)13-5-6-13/h10,13-14H,3-9H2,1-2H3/t14-/m0/s1. The van der Waals surface area contributed by atoms with Crippen molar-refractivity contribution in [1.82, 2.24) is 25.1 Å². The first kappa shape index (κ1) is 15.4. The Labute approximate surface area is 141 Å². The number of hydrogen-bond donors (Lipinski definition) is 0. The van der Waals surface area contributed by atoms with Crippen LogP contribution in [0.15, 0.2) is 10.7 Å². The fraction of sp³-hybridized carbons (Fsp3) is 0.647. The van der Waals surface area contributed by atoms with E-state index < -0.39 is 0 Å². The number of nitrogens with zero attached hydrogens (tertiary/aromatic N) is 5. The minimum atomic E-state index is 0.148. The SMILES string of the molecule is Cc1noc(C)c1CC(=O)N1CCC[C@H]1Cn1cc(C2CC2)nn1. The van der Waals surface area contributed by atoms with E-state index in [1.807, 2.05) is 29.6 Å². The lowest BCUT2D eigenvalue weighted by Crippen LogP contribution is -2.39. The molecular weight excluding hydrogens is 306 g/mol. The molecule has 7 heteroatoms. The zero-order chi connectivity index (χ0) is 16.7. The van der Waals surface area contributed by atoms with Crippen molar-refractivity contribution in [2.24, 2.45) is 0 Å². The van der Waals surface area contributed by atoms with Gasteiger partial charge in [0.25, 0.3) is 0 Å². The van der Waals surface area contributed by atoms with Gasteiger partial charge < -0.3 is 9.42 Å². The molecule has 4 rings (SSSR count). The molecule has 0 unspecified atom stereocenters. The van der Waals surface area contributed by atoms with Gasteiger partial charge in [-0.3, -0.25) is 9.48 Å². The average Bonchev–Trinajstić information content (AvgIpc) is 2.99. The van der Waals surface area contributed by atoms with E-state index in [9.17, 15) is 4.79 Å². The summed E-state index contributed by atoms with van der Waals surface area (Å²) in [6.07, 6.45) is 6.93. The summed E-state index contributed by atoms with van der Waals surface area (Å²) >= 11 is 0. The molecule has 128 valence electrons. The Morgan fingerprint density at radius 3 is 2.88 bits per heavy atom. The molecule has 0 radical (unpaired) electrons. The fourth-order valence-electron chi connectivity index (χ4n) is 3.55. The van der Waals surface area contributed by atoms with Crippen molar-refractivity contribution in [3.8, 4) is 0 Å². The van der Waals surface area contributed by atoms with Gasteiger partial charge in [-0.05, 0) is 39.5 Å². The first-order valence-corrected chi connectivity index (χ1v) is 8.73. The maximum absolute atomic E-state index is 12.8. The quantitative estimate of drug-likeness (QED) is 0.838. The summed E-state index contributed by atoms with van der Waals surface area (Å²) in [5.74, 6) is 1.50. The van der Waals surface area contributed by atoms with E-state index in [1.165, 1.54) is 12.8 Å². The Morgan fingerprint density at radius 2 is 2.17 bits per heavy atom. The number of rotatable bonds is 5. The molecule has 1 saturated carbocycles. The van der Waals surface area contributed by atoms with Gasteiger partial charge in [0, 0.05) is 24.2 Å². The van der Waals surface area contributed by atoms with Crippen LogP contribution in [0.25, 0.3) is 0 Å². The van der Waals surface area contributed by atoms with Crippen LogP contribution in [0, 0.1) is 13.8 Å². The molecule has 2 aromatic heterocycles. The number of likely N-dealkylation sites (tertiary alicyclic amines) is 1. The van der Waals surface area contributed by atoms with Gasteiger partial charge in [-0.15, -0.1) is 5.10 Å². The molecule has 2 fully saturated rings. The van der Waals surface area contributed by atoms with Crippen LogP contribution in [0.1, 0.15) is 54.3 Å². The van der Waals surface area contributed by atoms with E-state index in [0.717, 1.165) is 48.6 Å². The lowest BCUT2D eigenvalue weighted by atomic mass is 10.1. The normalized spacial score (nSPS) is 20.8. The third-order valence-electron chi connectivity index (χ3n) is 5.16. The van der Waals surface area contributed by atoms with Crippen LogP contribution in [-0.4, -0.2) is 43.5 Å². The summed E-state index contributed by atoms with van der Waals surface area (Å²) in [5.41, 5.74) is 2.82. The summed E-state index contributed by atoms with van der Waals surface area (Å²) in [7, 11) is 0. The monoisotopic (exact) mass is 329 g/mol. The third kappa shape index (κ3) is 2.95. The summed E-state index contributed by atoms with van der Waals surface area (Å²) in [5, 5.41) is 12.4. The average molecular weight is 329 g/mol. The van der Waals surface area contributed by atoms with E-state index in [4.69, 9.17) is 4.52 Å². The lowest BCUT2D eigenvalue weighted by molar-refractivity contribution is -0.131. The summed E-state index contributed by atoms with van der Waals surface area (Å²) in [4.78, 5) is 14.7. The van der Waals surface area contributed by atoms with Crippen LogP contribution in [0.4, 0.5) is 0 Å². The van der Waals surface area contributed by atoms with Gasteiger partial charge in [-0.25, -0.2) is 0 Å². The van der Waals surface area contributed by atoms with Crippen LogP contribution in [0.5, 0.6) is 0 Å². The van der Waals surface area contributed by atoms with Gasteiger partial charge in [0.15, 0.2) is 0 Å². The second-order valence-corrected chi connectivity index (χ2v) is 7.00. The number of carbonyl (C=O) groups is 1. The predicted octanol–water partition coefficient (Wildman–Crippen LogP) is 1.99. The van der Waals surface area contributed by atoms with Crippen molar-refractivity contribution in [1.29, 1.82) is 0 Å². The minimum absolute atomic E-state index is 0.148. The van der Waals surface area contributed by atoms with Crippen molar-refractivity contribution in [2.45, 2.75) is 64.5 Å². The molecule has 0 N–H and O–H groups in total. The Kier molecular flexibility index (Phi) is 3.86. The molecule has 1 aliphatic heterocycles. The topological polar surface area (TPSA) is 77.0 Å². The van der Waals surface area contributed by atoms with Crippen LogP contribution in [0.3, 0.4) is 0 Å². The molecule has 0 spiro atoms. The number of carbonyl (C=O) groups excluding carboxylic acids is 1. The highest BCUT2D eigenvalue weighted by Gasteiger charge is 2.31. The fourth-order valence-corrected chi connectivity index (χ4v) is 3.55. The first-order chi connectivity index (χ1) is 11.6. The second kappa shape index (κ2) is 6.03. The smallest absolute Gasteiger partial charge is 0.227 e. The van der Waals surface area contributed by atoms with Crippen molar-refractivity contribution < 1.29 is 9.32 Å². The van der Waals surface area contributed by atoms with E-state index in [1.54, 1.807) is 0 Å². The Hall–Kier alpha value is -2.18. The molecule has 2 aromatic rings. The zero-order valence-corrected chi connectivity index (χ0v) is 14.2. The highest BCUT2D eigenvalue weighted by atomic mass is 16.5. The van der Waals surface area contributed by atoms with Crippen molar-refractivity contribution in [3.63, 3.8) is 0 Å². The molecule has 0 aromatic carbocycles. The van der Waals surface area contributed by atoms with E-state index in [0.29, 0.717) is 12.3 Å². The van der Waals surface area contributed by atoms with Crippen LogP contribution < -0.4 is 0 Å². The first-order valence-electron chi connectivity index (χ1n) is 8.73. The number of aryl methyl sites for hydroxylation is 2. The van der Waals surface area contributed by atoms with E-state index in [-0.39, 0.29) is 11.9 Å². The zero-order valence-electron chi connectivity index (χ0n) is 14.2. The maximum Gasteiger partial charge on any atom is 0.227 e. The van der Waals surface area contributed by atoms with Crippen LogP contribution >= 0.6 is 0 Å². The Balaban J connectivity index is 1.42. The Bertz CT molecular complexity index is 726.